The first-order valence-corrected chi connectivity index (χ1v) is 13.5. The Bertz CT molecular complexity index is 1150. The van der Waals surface area contributed by atoms with Crippen LogP contribution in [0.25, 0.3) is 11.2 Å². The number of nitrogens with two attached hydrogens (primary N) is 1. The number of nitrogen functional groups attached to an aromatic ring is 1. The van der Waals surface area contributed by atoms with E-state index in [0.717, 1.165) is 17.2 Å². The van der Waals surface area contributed by atoms with Crippen molar-refractivity contribution in [2.24, 2.45) is 0 Å². The highest BCUT2D eigenvalue weighted by Crippen LogP contribution is 2.60. The smallest absolute Gasteiger partial charge is 0.390 e. The lowest BCUT2D eigenvalue weighted by molar-refractivity contribution is -0.156. The Balaban J connectivity index is 1.63. The molecule has 1 aliphatic rings. The molecule has 4 unspecified atom stereocenters. The summed E-state index contributed by atoms with van der Waals surface area (Å²) in [4.78, 5) is 31.3. The molecule has 0 spiro atoms. The fraction of sp³-hybridized carbons (Fsp3) is 0.688. The number of aromatic nitrogens is 4. The quantitative estimate of drug-likeness (QED) is 0.0920. The van der Waals surface area contributed by atoms with Gasteiger partial charge in [0.05, 0.1) is 19.0 Å². The van der Waals surface area contributed by atoms with Crippen LogP contribution in [0.2, 0.25) is 0 Å². The zero-order chi connectivity index (χ0) is 27.5. The predicted octanol–water partition coefficient (Wildman–Crippen LogP) is -2.30. The van der Waals surface area contributed by atoms with Gasteiger partial charge in [-0.2, -0.15) is 4.31 Å². The first-order chi connectivity index (χ1) is 17.3. The summed E-state index contributed by atoms with van der Waals surface area (Å²) < 4.78 is 48.5. The Morgan fingerprint density at radius 1 is 1.11 bits per heavy atom. The molecule has 0 amide bonds. The summed E-state index contributed by atoms with van der Waals surface area (Å²) in [5.41, 5.74) is 5.96. The van der Waals surface area contributed by atoms with Gasteiger partial charge < -0.3 is 50.5 Å². The number of imidazole rings is 1. The Labute approximate surface area is 208 Å². The van der Waals surface area contributed by atoms with Crippen LogP contribution in [0.4, 0.5) is 5.82 Å². The lowest BCUT2D eigenvalue weighted by atomic mass is 10.1. The molecule has 0 aliphatic carbocycles. The fourth-order valence-corrected chi connectivity index (χ4v) is 5.16. The zero-order valence-electron chi connectivity index (χ0n) is 19.1. The number of fused-ring (bicyclic) bond motifs is 1. The van der Waals surface area contributed by atoms with Crippen molar-refractivity contribution in [1.29, 1.82) is 0 Å². The van der Waals surface area contributed by atoms with E-state index in [1.165, 1.54) is 0 Å². The van der Waals surface area contributed by atoms with Crippen LogP contribution < -0.4 is 5.73 Å². The third kappa shape index (κ3) is 7.25. The van der Waals surface area contributed by atoms with E-state index < -0.39 is 72.1 Å². The van der Waals surface area contributed by atoms with Gasteiger partial charge in [-0.3, -0.25) is 13.6 Å². The van der Waals surface area contributed by atoms with Gasteiger partial charge in [0.25, 0.3) is 0 Å². The summed E-state index contributed by atoms with van der Waals surface area (Å²) >= 11 is 0. The summed E-state index contributed by atoms with van der Waals surface area (Å²) in [5.74, 6) is 0.00998. The summed E-state index contributed by atoms with van der Waals surface area (Å²) in [7, 11) is -10.7. The lowest BCUT2D eigenvalue weighted by Crippen LogP contribution is -2.36. The molecule has 2 aromatic heterocycles. The highest BCUT2D eigenvalue weighted by Gasteiger charge is 2.44. The van der Waals surface area contributed by atoms with Crippen molar-refractivity contribution in [2.75, 3.05) is 19.1 Å². The number of hydrogen-bond donors (Lipinski definition) is 8. The van der Waals surface area contributed by atoms with Gasteiger partial charge in [-0.25, -0.2) is 24.1 Å². The van der Waals surface area contributed by atoms with Crippen LogP contribution in [0, 0.1) is 0 Å². The summed E-state index contributed by atoms with van der Waals surface area (Å²) in [6.07, 6.45) is -8.71. The third-order valence-corrected chi connectivity index (χ3v) is 7.72. The van der Waals surface area contributed by atoms with Gasteiger partial charge in [-0.1, -0.05) is 6.92 Å². The number of rotatable bonds is 13. The van der Waals surface area contributed by atoms with E-state index in [1.54, 1.807) is 6.92 Å². The van der Waals surface area contributed by atoms with E-state index in [9.17, 15) is 44.4 Å². The van der Waals surface area contributed by atoms with Crippen molar-refractivity contribution >= 4 is 32.6 Å². The van der Waals surface area contributed by atoms with Crippen LogP contribution in [-0.4, -0.2) is 105 Å². The monoisotopic (exact) mass is 575 g/mol. The first-order valence-electron chi connectivity index (χ1n) is 10.5. The normalized spacial score (nSPS) is 28.0. The van der Waals surface area contributed by atoms with Crippen molar-refractivity contribution in [2.45, 2.75) is 56.4 Å². The minimum atomic E-state index is -5.34. The molecule has 3 rings (SSSR count). The number of phosphoric acid groups is 2. The van der Waals surface area contributed by atoms with E-state index >= 15 is 0 Å². The third-order valence-electron chi connectivity index (χ3n) is 5.17. The van der Waals surface area contributed by atoms with E-state index in [2.05, 4.69) is 28.3 Å². The Kier molecular flexibility index (Phi) is 9.71. The second-order valence-electron chi connectivity index (χ2n) is 7.71. The van der Waals surface area contributed by atoms with Gasteiger partial charge >= 0.3 is 15.6 Å². The SMILES string of the molecule is CCC(O)[C@H](O)[C@@H](OCOP(=O)(O)OP(=O)(O)OC[C@@H]1O[C@H](O)C(O)[C@@H]1O)n1cnc2c(N)ncnc21. The highest BCUT2D eigenvalue weighted by molar-refractivity contribution is 7.61. The maximum atomic E-state index is 12.2. The minimum Gasteiger partial charge on any atom is -0.390 e. The molecule has 9 N–H and O–H groups in total. The van der Waals surface area contributed by atoms with E-state index in [0.29, 0.717) is 0 Å². The lowest BCUT2D eigenvalue weighted by Gasteiger charge is -2.27. The molecule has 21 heteroatoms. The maximum Gasteiger partial charge on any atom is 0.483 e. The molecule has 9 atom stereocenters. The van der Waals surface area contributed by atoms with Crippen LogP contribution in [0.15, 0.2) is 12.7 Å². The van der Waals surface area contributed by atoms with Gasteiger partial charge in [0, 0.05) is 0 Å². The molecule has 1 fully saturated rings. The van der Waals surface area contributed by atoms with E-state index in [4.69, 9.17) is 15.2 Å². The predicted molar refractivity (Wildman–Crippen MR) is 118 cm³/mol. The molecule has 3 heterocycles. The Hall–Kier alpha value is -1.67. The molecule has 37 heavy (non-hydrogen) atoms. The summed E-state index contributed by atoms with van der Waals surface area (Å²) in [5, 5.41) is 49.0. The summed E-state index contributed by atoms with van der Waals surface area (Å²) in [6.45, 7) is -0.463. The average Bonchev–Trinajstić information content (AvgIpc) is 3.36. The van der Waals surface area contributed by atoms with Gasteiger partial charge in [-0.15, -0.1) is 0 Å². The molecule has 0 radical (unpaired) electrons. The second kappa shape index (κ2) is 12.0. The van der Waals surface area contributed by atoms with Crippen LogP contribution in [0.1, 0.15) is 19.6 Å². The molecule has 2 aromatic rings. The van der Waals surface area contributed by atoms with Crippen LogP contribution >= 0.6 is 15.6 Å². The molecule has 210 valence electrons. The van der Waals surface area contributed by atoms with Crippen molar-refractivity contribution < 1.29 is 67.3 Å². The number of ether oxygens (including phenoxy) is 2. The first kappa shape index (κ1) is 29.9. The number of phosphoric ester groups is 2. The number of hydrogen-bond acceptors (Lipinski definition) is 16. The summed E-state index contributed by atoms with van der Waals surface area (Å²) in [6, 6.07) is 0. The highest BCUT2D eigenvalue weighted by atomic mass is 31.3. The molecule has 1 aliphatic heterocycles. The number of nitrogens with zero attached hydrogens (tertiary/aromatic N) is 4. The topological polar surface area (TPSA) is 292 Å². The van der Waals surface area contributed by atoms with Gasteiger partial charge in [0.2, 0.25) is 0 Å². The number of aliphatic hydroxyl groups is 5. The fourth-order valence-electron chi connectivity index (χ4n) is 3.21. The molecule has 1 saturated heterocycles. The van der Waals surface area contributed by atoms with Gasteiger partial charge in [0.15, 0.2) is 30.8 Å². The van der Waals surface area contributed by atoms with Gasteiger partial charge in [-0.05, 0) is 6.42 Å². The van der Waals surface area contributed by atoms with E-state index in [-0.39, 0.29) is 23.4 Å². The van der Waals surface area contributed by atoms with E-state index in [1.807, 2.05) is 0 Å². The standard InChI is InChI=1S/C16H27N5O14P2/c1-2-7(22)10(23)15(21-5-20-9-13(17)18-4-19-14(9)21)31-6-33-37(29,30)35-36(27,28)32-3-8-11(24)12(25)16(26)34-8/h4-5,7-8,10-12,15-16,22-26H,2-3,6H2,1H3,(H,27,28)(H,29,30)(H2,17,18,19)/t7?,8-,10-,11+,12?,15+,16-/m0/s1. The van der Waals surface area contributed by atoms with Crippen molar-refractivity contribution in [3.05, 3.63) is 12.7 Å². The molecule has 0 saturated carbocycles. The number of aliphatic hydroxyl groups excluding tert-OH is 5. The van der Waals surface area contributed by atoms with Crippen LogP contribution in [0.5, 0.6) is 0 Å². The number of anilines is 1. The van der Waals surface area contributed by atoms with Crippen molar-refractivity contribution in [3.63, 3.8) is 0 Å². The largest absolute Gasteiger partial charge is 0.483 e. The molecule has 0 aromatic carbocycles. The van der Waals surface area contributed by atoms with Crippen LogP contribution in [0.3, 0.4) is 0 Å². The Morgan fingerprint density at radius 2 is 1.78 bits per heavy atom. The van der Waals surface area contributed by atoms with Crippen LogP contribution in [-0.2, 0) is 32.0 Å². The molecular formula is C16H27N5O14P2. The van der Waals surface area contributed by atoms with Crippen molar-refractivity contribution in [1.82, 2.24) is 19.5 Å². The van der Waals surface area contributed by atoms with Gasteiger partial charge in [0.1, 0.15) is 36.3 Å². The molecule has 19 nitrogen and oxygen atoms in total. The maximum absolute atomic E-state index is 12.2. The average molecular weight is 575 g/mol. The minimum absolute atomic E-state index is 0.00998. The Morgan fingerprint density at radius 3 is 2.41 bits per heavy atom. The second-order valence-corrected chi connectivity index (χ2v) is 10.8. The molecular weight excluding hydrogens is 548 g/mol. The van der Waals surface area contributed by atoms with Crippen molar-refractivity contribution in [3.8, 4) is 0 Å². The molecule has 0 bridgehead atoms. The zero-order valence-corrected chi connectivity index (χ0v) is 20.9.